The number of nitrogen functional groups attached to an aromatic ring is 1. The van der Waals surface area contributed by atoms with Crippen LogP contribution in [0.4, 0.5) is 18.3 Å². The van der Waals surface area contributed by atoms with Gasteiger partial charge in [0, 0.05) is 5.02 Å². The Bertz CT molecular complexity index is 640. The predicted octanol–water partition coefficient (Wildman–Crippen LogP) is 3.62. The summed E-state index contributed by atoms with van der Waals surface area (Å²) in [6.45, 7) is 0. The highest BCUT2D eigenvalue weighted by molar-refractivity contribution is 7.17. The summed E-state index contributed by atoms with van der Waals surface area (Å²) in [6.07, 6.45) is -4.78. The largest absolute Gasteiger partial charge is 0.435 e. The van der Waals surface area contributed by atoms with Gasteiger partial charge in [-0.15, -0.1) is 0 Å². The zero-order chi connectivity index (χ0) is 14.9. The molecule has 0 aliphatic rings. The first-order valence-electron chi connectivity index (χ1n) is 5.08. The van der Waals surface area contributed by atoms with Gasteiger partial charge in [-0.1, -0.05) is 22.9 Å². The van der Waals surface area contributed by atoms with Crippen LogP contribution in [0.2, 0.25) is 5.02 Å². The maximum Gasteiger partial charge on any atom is 0.435 e. The van der Waals surface area contributed by atoms with Crippen molar-refractivity contribution in [3.05, 3.63) is 39.9 Å². The molecule has 2 N–H and O–H groups in total. The van der Waals surface area contributed by atoms with Crippen molar-refractivity contribution >= 4 is 34.0 Å². The minimum atomic E-state index is -4.78. The predicted molar refractivity (Wildman–Crippen MR) is 67.9 cm³/mol. The molecule has 0 amide bonds. The lowest BCUT2D eigenvalue weighted by atomic mass is 10.3. The molecule has 1 aromatic carbocycles. The van der Waals surface area contributed by atoms with Crippen molar-refractivity contribution in [2.24, 2.45) is 0 Å². The Balaban J connectivity index is 2.28. The molecule has 4 nitrogen and oxygen atoms in total. The molecule has 2 aromatic rings. The van der Waals surface area contributed by atoms with Crippen LogP contribution < -0.4 is 10.5 Å². The normalized spacial score (nSPS) is 11.4. The van der Waals surface area contributed by atoms with Gasteiger partial charge in [0.25, 0.3) is 0 Å². The lowest BCUT2D eigenvalue weighted by Crippen LogP contribution is -2.15. The van der Waals surface area contributed by atoms with Crippen molar-refractivity contribution in [1.29, 1.82) is 0 Å². The van der Waals surface area contributed by atoms with Crippen molar-refractivity contribution in [2.75, 3.05) is 5.73 Å². The number of anilines is 1. The first-order chi connectivity index (χ1) is 9.27. The van der Waals surface area contributed by atoms with Crippen molar-refractivity contribution in [3.63, 3.8) is 0 Å². The van der Waals surface area contributed by atoms with E-state index in [2.05, 4.69) is 4.98 Å². The van der Waals surface area contributed by atoms with Gasteiger partial charge in [0.2, 0.25) is 0 Å². The maximum atomic E-state index is 12.7. The van der Waals surface area contributed by atoms with E-state index < -0.39 is 22.7 Å². The van der Waals surface area contributed by atoms with Gasteiger partial charge in [-0.05, 0) is 24.3 Å². The highest BCUT2D eigenvalue weighted by atomic mass is 35.5. The molecule has 0 unspecified atom stereocenters. The summed E-state index contributed by atoms with van der Waals surface area (Å²) in [5, 5.41) is 0.0446. The van der Waals surface area contributed by atoms with E-state index >= 15 is 0 Å². The average molecular weight is 323 g/mol. The fourth-order valence-electron chi connectivity index (χ4n) is 1.32. The van der Waals surface area contributed by atoms with Gasteiger partial charge in [-0.2, -0.15) is 13.2 Å². The number of esters is 1. The summed E-state index contributed by atoms with van der Waals surface area (Å²) in [4.78, 5) is 14.2. The zero-order valence-electron chi connectivity index (χ0n) is 9.57. The van der Waals surface area contributed by atoms with Gasteiger partial charge in [0.15, 0.2) is 10.8 Å². The van der Waals surface area contributed by atoms with Crippen LogP contribution in [0.25, 0.3) is 0 Å². The highest BCUT2D eigenvalue weighted by Gasteiger charge is 2.40. The molecule has 0 radical (unpaired) electrons. The zero-order valence-corrected chi connectivity index (χ0v) is 11.1. The minimum absolute atomic E-state index is 0.0690. The highest BCUT2D eigenvalue weighted by Crippen LogP contribution is 2.35. The summed E-state index contributed by atoms with van der Waals surface area (Å²) in [7, 11) is 0. The van der Waals surface area contributed by atoms with E-state index in [1.807, 2.05) is 0 Å². The van der Waals surface area contributed by atoms with Crippen LogP contribution in [0.5, 0.6) is 5.75 Å². The second-order valence-corrected chi connectivity index (χ2v) is 5.04. The number of alkyl halides is 3. The molecular formula is C11H6ClF3N2O2S. The first kappa shape index (κ1) is 14.6. The Morgan fingerprint density at radius 3 is 2.45 bits per heavy atom. The second kappa shape index (κ2) is 5.29. The summed E-state index contributed by atoms with van der Waals surface area (Å²) in [5.41, 5.74) is 3.86. The number of nitrogens with zero attached hydrogens (tertiary/aromatic N) is 1. The molecule has 106 valence electrons. The molecule has 0 spiro atoms. The summed E-state index contributed by atoms with van der Waals surface area (Å²) >= 11 is 6.06. The SMILES string of the molecule is Nc1nc(C(F)(F)F)c(C(=O)Oc2ccc(Cl)cc2)s1. The average Bonchev–Trinajstić information content (AvgIpc) is 2.74. The molecule has 0 atom stereocenters. The number of ether oxygens (including phenoxy) is 1. The molecule has 0 fully saturated rings. The Hall–Kier alpha value is -1.80. The lowest BCUT2D eigenvalue weighted by Gasteiger charge is -2.06. The summed E-state index contributed by atoms with van der Waals surface area (Å²) in [6, 6.07) is 5.60. The molecule has 20 heavy (non-hydrogen) atoms. The van der Waals surface area contributed by atoms with E-state index in [-0.39, 0.29) is 10.9 Å². The number of benzene rings is 1. The molecular weight excluding hydrogens is 317 g/mol. The number of thiazole rings is 1. The molecule has 1 aromatic heterocycles. The van der Waals surface area contributed by atoms with Crippen molar-refractivity contribution < 1.29 is 22.7 Å². The van der Waals surface area contributed by atoms with Crippen LogP contribution >= 0.6 is 22.9 Å². The minimum Gasteiger partial charge on any atom is -0.422 e. The van der Waals surface area contributed by atoms with Gasteiger partial charge in [-0.3, -0.25) is 0 Å². The molecule has 0 saturated heterocycles. The summed E-state index contributed by atoms with van der Waals surface area (Å²) in [5.74, 6) is -1.10. The molecule has 0 aliphatic carbocycles. The van der Waals surface area contributed by atoms with Crippen LogP contribution in [0.15, 0.2) is 24.3 Å². The van der Waals surface area contributed by atoms with Gasteiger partial charge >= 0.3 is 12.1 Å². The van der Waals surface area contributed by atoms with Crippen molar-refractivity contribution in [3.8, 4) is 5.75 Å². The Morgan fingerprint density at radius 2 is 1.90 bits per heavy atom. The maximum absolute atomic E-state index is 12.7. The second-order valence-electron chi connectivity index (χ2n) is 3.57. The lowest BCUT2D eigenvalue weighted by molar-refractivity contribution is -0.141. The molecule has 1 heterocycles. The molecule has 2 rings (SSSR count). The van der Waals surface area contributed by atoms with Crippen molar-refractivity contribution in [1.82, 2.24) is 4.98 Å². The first-order valence-corrected chi connectivity index (χ1v) is 6.28. The van der Waals surface area contributed by atoms with Crippen LogP contribution in [0.3, 0.4) is 0 Å². The fraction of sp³-hybridized carbons (Fsp3) is 0.0909. The monoisotopic (exact) mass is 322 g/mol. The molecule has 0 aliphatic heterocycles. The van der Waals surface area contributed by atoms with E-state index in [0.717, 1.165) is 0 Å². The number of carbonyl (C=O) groups excluding carboxylic acids is 1. The topological polar surface area (TPSA) is 65.2 Å². The number of carbonyl (C=O) groups is 1. The van der Waals surface area contributed by atoms with Gasteiger partial charge in [0.05, 0.1) is 0 Å². The number of halogens is 4. The van der Waals surface area contributed by atoms with E-state index in [0.29, 0.717) is 16.4 Å². The fourth-order valence-corrected chi connectivity index (χ4v) is 2.18. The number of aromatic nitrogens is 1. The molecule has 0 saturated carbocycles. The van der Waals surface area contributed by atoms with E-state index in [1.54, 1.807) is 0 Å². The van der Waals surface area contributed by atoms with Crippen LogP contribution in [0, 0.1) is 0 Å². The third-order valence-corrected chi connectivity index (χ3v) is 3.24. The third kappa shape index (κ3) is 3.20. The Kier molecular flexibility index (Phi) is 3.87. The number of hydrogen-bond donors (Lipinski definition) is 1. The van der Waals surface area contributed by atoms with Gasteiger partial charge < -0.3 is 10.5 Å². The van der Waals surface area contributed by atoms with E-state index in [4.69, 9.17) is 22.1 Å². The third-order valence-electron chi connectivity index (χ3n) is 2.12. The van der Waals surface area contributed by atoms with Gasteiger partial charge in [0.1, 0.15) is 10.6 Å². The van der Waals surface area contributed by atoms with Gasteiger partial charge in [-0.25, -0.2) is 9.78 Å². The molecule has 0 bridgehead atoms. The van der Waals surface area contributed by atoms with E-state index in [1.165, 1.54) is 24.3 Å². The Morgan fingerprint density at radius 1 is 1.30 bits per heavy atom. The van der Waals surface area contributed by atoms with Crippen molar-refractivity contribution in [2.45, 2.75) is 6.18 Å². The van der Waals surface area contributed by atoms with Crippen LogP contribution in [0.1, 0.15) is 15.4 Å². The standard InChI is InChI=1S/C11H6ClF3N2O2S/c12-5-1-3-6(4-2-5)19-9(18)7-8(11(13,14)15)17-10(16)20-7/h1-4H,(H2,16,17). The van der Waals surface area contributed by atoms with E-state index in [9.17, 15) is 18.0 Å². The van der Waals surface area contributed by atoms with Crippen LogP contribution in [-0.2, 0) is 6.18 Å². The number of rotatable bonds is 2. The van der Waals surface area contributed by atoms with Crippen LogP contribution in [-0.4, -0.2) is 11.0 Å². The number of hydrogen-bond acceptors (Lipinski definition) is 5. The molecule has 9 heteroatoms. The summed E-state index contributed by atoms with van der Waals surface area (Å²) < 4.78 is 42.9. The Labute approximate surface area is 119 Å². The smallest absolute Gasteiger partial charge is 0.422 e. The number of nitrogens with two attached hydrogens (primary N) is 1. The quantitative estimate of drug-likeness (QED) is 0.677.